The van der Waals surface area contributed by atoms with Crippen molar-refractivity contribution in [3.63, 3.8) is 0 Å². The maximum Gasteiger partial charge on any atom is 0.354 e. The lowest BCUT2D eigenvalue weighted by atomic mass is 10.2. The number of nitrogens with one attached hydrogen (secondary N) is 1. The summed E-state index contributed by atoms with van der Waals surface area (Å²) in [7, 11) is 0. The van der Waals surface area contributed by atoms with Gasteiger partial charge in [-0.05, 0) is 24.3 Å². The predicted molar refractivity (Wildman–Crippen MR) is 67.3 cm³/mol. The Hall–Kier alpha value is -2.21. The van der Waals surface area contributed by atoms with Crippen LogP contribution >= 0.6 is 11.5 Å². The predicted octanol–water partition coefficient (Wildman–Crippen LogP) is 3.15. The van der Waals surface area contributed by atoms with Gasteiger partial charge in [-0.2, -0.15) is 0 Å². The number of pyridine rings is 1. The summed E-state index contributed by atoms with van der Waals surface area (Å²) in [6.45, 7) is 0. The van der Waals surface area contributed by atoms with Gasteiger partial charge < -0.3 is 9.48 Å². The average molecular weight is 264 g/mol. The molecule has 0 aliphatic rings. The standard InChI is InChI=1S/C10H6FNO2.C2H3NS/c11-7-2-4-8-6(5-7)1-3-9(12-8)10(13)14;1-2-4-3-1/h1-5H,(H,13,14);1-3H. The molecule has 6 heteroatoms. The van der Waals surface area contributed by atoms with Gasteiger partial charge in [0.05, 0.1) is 5.52 Å². The van der Waals surface area contributed by atoms with E-state index in [-0.39, 0.29) is 11.5 Å². The Morgan fingerprint density at radius 1 is 1.33 bits per heavy atom. The third-order valence-corrected chi connectivity index (χ3v) is 2.69. The Bertz CT molecular complexity index is 641. The topological polar surface area (TPSA) is 66.0 Å². The van der Waals surface area contributed by atoms with E-state index in [4.69, 9.17) is 5.11 Å². The smallest absolute Gasteiger partial charge is 0.354 e. The number of aromatic nitrogens is 2. The van der Waals surface area contributed by atoms with Crippen LogP contribution in [0, 0.1) is 5.82 Å². The minimum atomic E-state index is -1.09. The number of H-pyrrole nitrogens is 1. The van der Waals surface area contributed by atoms with E-state index in [0.29, 0.717) is 10.9 Å². The lowest BCUT2D eigenvalue weighted by Gasteiger charge is -1.98. The molecular formula is C12H9FN2O2S. The Morgan fingerprint density at radius 2 is 2.00 bits per heavy atom. The van der Waals surface area contributed by atoms with Gasteiger partial charge in [0.15, 0.2) is 0 Å². The molecule has 0 aliphatic carbocycles. The van der Waals surface area contributed by atoms with E-state index in [0.717, 1.165) is 0 Å². The van der Waals surface area contributed by atoms with Crippen molar-refractivity contribution in [3.8, 4) is 0 Å². The third kappa shape index (κ3) is 2.92. The summed E-state index contributed by atoms with van der Waals surface area (Å²) >= 11 is 1.61. The molecule has 3 rings (SSSR count). The fourth-order valence-electron chi connectivity index (χ4n) is 1.28. The SMILES string of the molecule is O=C(O)c1ccc2cc(F)ccc2n1.c1cs[nH]1. The number of hydrogen-bond donors (Lipinski definition) is 2. The van der Waals surface area contributed by atoms with Gasteiger partial charge in [0.1, 0.15) is 11.5 Å². The first kappa shape index (κ1) is 12.3. The van der Waals surface area contributed by atoms with Crippen LogP contribution in [-0.4, -0.2) is 20.4 Å². The second-order valence-electron chi connectivity index (χ2n) is 3.38. The number of carboxylic acid groups (broad SMARTS) is 1. The molecule has 0 fully saturated rings. The van der Waals surface area contributed by atoms with Crippen LogP contribution in [-0.2, 0) is 0 Å². The molecule has 0 unspecified atom stereocenters. The molecule has 92 valence electrons. The van der Waals surface area contributed by atoms with Gasteiger partial charge in [-0.1, -0.05) is 17.6 Å². The van der Waals surface area contributed by atoms with Gasteiger partial charge in [-0.25, -0.2) is 14.2 Å². The molecule has 2 aromatic heterocycles. The molecule has 0 amide bonds. The Kier molecular flexibility index (Phi) is 3.69. The van der Waals surface area contributed by atoms with Crippen molar-refractivity contribution < 1.29 is 14.3 Å². The number of benzene rings is 1. The second-order valence-corrected chi connectivity index (χ2v) is 4.12. The molecule has 18 heavy (non-hydrogen) atoms. The number of halogens is 1. The van der Waals surface area contributed by atoms with Crippen LogP contribution in [0.5, 0.6) is 0 Å². The summed E-state index contributed by atoms with van der Waals surface area (Å²) in [5, 5.41) is 11.2. The van der Waals surface area contributed by atoms with Crippen molar-refractivity contribution in [2.24, 2.45) is 0 Å². The molecule has 0 radical (unpaired) electrons. The molecule has 0 saturated carbocycles. The summed E-state index contributed by atoms with van der Waals surface area (Å²) in [6, 6.07) is 6.91. The monoisotopic (exact) mass is 264 g/mol. The highest BCUT2D eigenvalue weighted by Crippen LogP contribution is 2.13. The molecule has 0 atom stereocenters. The van der Waals surface area contributed by atoms with Gasteiger partial charge >= 0.3 is 5.97 Å². The number of hydrogen-bond acceptors (Lipinski definition) is 3. The van der Waals surface area contributed by atoms with Crippen LogP contribution < -0.4 is 0 Å². The fourth-order valence-corrected chi connectivity index (χ4v) is 1.42. The van der Waals surface area contributed by atoms with Gasteiger partial charge in [0.25, 0.3) is 0 Å². The summed E-state index contributed by atoms with van der Waals surface area (Å²) in [6.07, 6.45) is 1.89. The lowest BCUT2D eigenvalue weighted by Crippen LogP contribution is -1.99. The minimum Gasteiger partial charge on any atom is -0.477 e. The van der Waals surface area contributed by atoms with Gasteiger partial charge in [0, 0.05) is 17.0 Å². The normalized spacial score (nSPS) is 9.83. The molecule has 0 saturated heterocycles. The number of carbonyl (C=O) groups is 1. The van der Waals surface area contributed by atoms with Gasteiger partial charge in [0.2, 0.25) is 0 Å². The Morgan fingerprint density at radius 3 is 2.56 bits per heavy atom. The quantitative estimate of drug-likeness (QED) is 0.709. The van der Waals surface area contributed by atoms with Gasteiger partial charge in [-0.15, -0.1) is 0 Å². The van der Waals surface area contributed by atoms with Gasteiger partial charge in [-0.3, -0.25) is 0 Å². The largest absolute Gasteiger partial charge is 0.477 e. The number of aromatic carboxylic acids is 1. The zero-order valence-electron chi connectivity index (χ0n) is 9.13. The Labute approximate surface area is 106 Å². The van der Waals surface area contributed by atoms with E-state index in [1.165, 1.54) is 30.3 Å². The van der Waals surface area contributed by atoms with E-state index >= 15 is 0 Å². The van der Waals surface area contributed by atoms with Crippen molar-refractivity contribution >= 4 is 28.4 Å². The number of nitrogens with zero attached hydrogens (tertiary/aromatic N) is 1. The molecule has 0 bridgehead atoms. The zero-order chi connectivity index (χ0) is 13.0. The van der Waals surface area contributed by atoms with E-state index in [2.05, 4.69) is 9.36 Å². The molecule has 1 aromatic carbocycles. The molecule has 3 aromatic rings. The number of carboxylic acids is 1. The van der Waals surface area contributed by atoms with E-state index < -0.39 is 5.97 Å². The highest BCUT2D eigenvalue weighted by Gasteiger charge is 2.05. The third-order valence-electron chi connectivity index (χ3n) is 2.14. The van der Waals surface area contributed by atoms with Crippen molar-refractivity contribution in [2.45, 2.75) is 0 Å². The van der Waals surface area contributed by atoms with Crippen molar-refractivity contribution in [2.75, 3.05) is 0 Å². The summed E-state index contributed by atoms with van der Waals surface area (Å²) < 4.78 is 15.6. The number of rotatable bonds is 1. The minimum absolute atomic E-state index is 0.0379. The van der Waals surface area contributed by atoms with Crippen LogP contribution in [0.2, 0.25) is 0 Å². The average Bonchev–Trinajstić information content (AvgIpc) is 2.25. The summed E-state index contributed by atoms with van der Waals surface area (Å²) in [5.74, 6) is -1.45. The van der Waals surface area contributed by atoms with Crippen LogP contribution in [0.25, 0.3) is 10.9 Å². The highest BCUT2D eigenvalue weighted by atomic mass is 32.1. The lowest BCUT2D eigenvalue weighted by molar-refractivity contribution is 0.0691. The number of aromatic amines is 1. The molecule has 0 aliphatic heterocycles. The second kappa shape index (κ2) is 5.42. The van der Waals surface area contributed by atoms with Crippen molar-refractivity contribution in [1.29, 1.82) is 0 Å². The number of fused-ring (bicyclic) bond motifs is 1. The van der Waals surface area contributed by atoms with E-state index in [1.54, 1.807) is 11.5 Å². The first-order valence-corrected chi connectivity index (χ1v) is 5.90. The van der Waals surface area contributed by atoms with Crippen LogP contribution in [0.1, 0.15) is 10.5 Å². The first-order chi connectivity index (χ1) is 8.66. The molecule has 0 spiro atoms. The van der Waals surface area contributed by atoms with Crippen LogP contribution in [0.3, 0.4) is 0 Å². The first-order valence-electron chi connectivity index (χ1n) is 5.02. The van der Waals surface area contributed by atoms with Crippen molar-refractivity contribution in [3.05, 3.63) is 53.4 Å². The van der Waals surface area contributed by atoms with Crippen LogP contribution in [0.4, 0.5) is 4.39 Å². The maximum absolute atomic E-state index is 12.8. The maximum atomic E-state index is 12.8. The zero-order valence-corrected chi connectivity index (χ0v) is 9.95. The molecular weight excluding hydrogens is 255 g/mol. The molecule has 4 nitrogen and oxygen atoms in total. The molecule has 2 heterocycles. The summed E-state index contributed by atoms with van der Waals surface area (Å²) in [4.78, 5) is 14.4. The summed E-state index contributed by atoms with van der Waals surface area (Å²) in [5.41, 5.74) is 0.440. The van der Waals surface area contributed by atoms with E-state index in [9.17, 15) is 9.18 Å². The highest BCUT2D eigenvalue weighted by molar-refractivity contribution is 7.04. The van der Waals surface area contributed by atoms with E-state index in [1.807, 2.05) is 11.6 Å². The fraction of sp³-hybridized carbons (Fsp3) is 0. The Balaban J connectivity index is 0.000000256. The van der Waals surface area contributed by atoms with Crippen LogP contribution in [0.15, 0.2) is 41.9 Å². The van der Waals surface area contributed by atoms with Crippen molar-refractivity contribution in [1.82, 2.24) is 9.36 Å². The molecule has 2 N–H and O–H groups in total.